The molecule has 5 heteroatoms. The van der Waals surface area contributed by atoms with E-state index < -0.39 is 0 Å². The molecule has 0 unspecified atom stereocenters. The van der Waals surface area contributed by atoms with Crippen molar-refractivity contribution in [2.24, 2.45) is 0 Å². The molecule has 0 saturated carbocycles. The van der Waals surface area contributed by atoms with Crippen molar-refractivity contribution in [2.45, 2.75) is 20.4 Å². The van der Waals surface area contributed by atoms with Crippen molar-refractivity contribution in [3.05, 3.63) is 75.6 Å². The maximum Gasteiger partial charge on any atom is 0.260 e. The van der Waals surface area contributed by atoms with Crippen molar-refractivity contribution in [2.75, 3.05) is 13.7 Å². The fourth-order valence-electron chi connectivity index (χ4n) is 2.86. The van der Waals surface area contributed by atoms with Crippen molar-refractivity contribution >= 4 is 16.8 Å². The SMILES string of the molecule is Cc1ccc(C)c(OCC(=O)N(C)Cc2cc(=O)[nH]c3ccccc23)c1. The number of likely N-dealkylation sites (N-methyl/N-ethyl adjacent to an activating group) is 1. The van der Waals surface area contributed by atoms with Gasteiger partial charge in [-0.2, -0.15) is 0 Å². The molecule has 0 saturated heterocycles. The molecule has 0 aliphatic heterocycles. The van der Waals surface area contributed by atoms with Gasteiger partial charge in [-0.15, -0.1) is 0 Å². The Balaban J connectivity index is 1.72. The lowest BCUT2D eigenvalue weighted by molar-refractivity contribution is -0.132. The highest BCUT2D eigenvalue weighted by atomic mass is 16.5. The quantitative estimate of drug-likeness (QED) is 0.769. The fourth-order valence-corrected chi connectivity index (χ4v) is 2.86. The number of hydrogen-bond acceptors (Lipinski definition) is 3. The number of nitrogens with zero attached hydrogens (tertiary/aromatic N) is 1. The van der Waals surface area contributed by atoms with Crippen molar-refractivity contribution in [1.82, 2.24) is 9.88 Å². The summed E-state index contributed by atoms with van der Waals surface area (Å²) in [4.78, 5) is 28.7. The summed E-state index contributed by atoms with van der Waals surface area (Å²) in [6, 6.07) is 15.0. The second kappa shape index (κ2) is 7.44. The summed E-state index contributed by atoms with van der Waals surface area (Å²) in [5.41, 5.74) is 3.48. The minimum Gasteiger partial charge on any atom is -0.483 e. The van der Waals surface area contributed by atoms with Gasteiger partial charge in [0.05, 0.1) is 0 Å². The number of hydrogen-bond donors (Lipinski definition) is 1. The number of nitrogens with one attached hydrogen (secondary N) is 1. The normalized spacial score (nSPS) is 10.7. The Hall–Kier alpha value is -3.08. The molecule has 1 aromatic heterocycles. The molecule has 26 heavy (non-hydrogen) atoms. The number of carbonyl (C=O) groups excluding carboxylic acids is 1. The van der Waals surface area contributed by atoms with Gasteiger partial charge in [-0.05, 0) is 42.7 Å². The van der Waals surface area contributed by atoms with Crippen LogP contribution in [0.3, 0.4) is 0 Å². The topological polar surface area (TPSA) is 62.4 Å². The molecule has 0 fully saturated rings. The predicted octanol–water partition coefficient (Wildman–Crippen LogP) is 3.18. The Morgan fingerprint density at radius 3 is 2.69 bits per heavy atom. The van der Waals surface area contributed by atoms with Gasteiger partial charge >= 0.3 is 0 Å². The van der Waals surface area contributed by atoms with Crippen LogP contribution in [0.1, 0.15) is 16.7 Å². The number of aryl methyl sites for hydroxylation is 2. The van der Waals surface area contributed by atoms with Crippen LogP contribution in [0, 0.1) is 13.8 Å². The van der Waals surface area contributed by atoms with Gasteiger partial charge in [0.25, 0.3) is 5.91 Å². The summed E-state index contributed by atoms with van der Waals surface area (Å²) in [6.45, 7) is 4.24. The molecule has 0 aliphatic carbocycles. The standard InChI is InChI=1S/C21H22N2O3/c1-14-8-9-15(2)19(10-14)26-13-21(25)23(3)12-16-11-20(24)22-18-7-5-4-6-17(16)18/h4-11H,12-13H2,1-3H3,(H,22,24). The summed E-state index contributed by atoms with van der Waals surface area (Å²) >= 11 is 0. The second-order valence-corrected chi connectivity index (χ2v) is 6.51. The van der Waals surface area contributed by atoms with Crippen LogP contribution in [0.2, 0.25) is 0 Å². The van der Waals surface area contributed by atoms with Crippen LogP contribution < -0.4 is 10.3 Å². The number of amides is 1. The van der Waals surface area contributed by atoms with E-state index >= 15 is 0 Å². The van der Waals surface area contributed by atoms with E-state index in [-0.39, 0.29) is 18.1 Å². The van der Waals surface area contributed by atoms with E-state index in [0.29, 0.717) is 12.3 Å². The molecule has 0 radical (unpaired) electrons. The summed E-state index contributed by atoms with van der Waals surface area (Å²) in [5.74, 6) is 0.573. The Morgan fingerprint density at radius 2 is 1.88 bits per heavy atom. The number of fused-ring (bicyclic) bond motifs is 1. The summed E-state index contributed by atoms with van der Waals surface area (Å²) in [7, 11) is 1.71. The molecule has 3 rings (SSSR count). The number of aromatic amines is 1. The van der Waals surface area contributed by atoms with E-state index in [0.717, 1.165) is 27.6 Å². The van der Waals surface area contributed by atoms with Crippen molar-refractivity contribution in [1.29, 1.82) is 0 Å². The summed E-state index contributed by atoms with van der Waals surface area (Å²) < 4.78 is 5.69. The molecule has 2 aromatic carbocycles. The zero-order chi connectivity index (χ0) is 18.7. The predicted molar refractivity (Wildman–Crippen MR) is 102 cm³/mol. The second-order valence-electron chi connectivity index (χ2n) is 6.51. The highest BCUT2D eigenvalue weighted by Gasteiger charge is 2.13. The van der Waals surface area contributed by atoms with Crippen LogP contribution >= 0.6 is 0 Å². The third kappa shape index (κ3) is 3.94. The molecule has 1 N–H and O–H groups in total. The molecule has 5 nitrogen and oxygen atoms in total. The third-order valence-electron chi connectivity index (χ3n) is 4.36. The van der Waals surface area contributed by atoms with E-state index in [9.17, 15) is 9.59 Å². The van der Waals surface area contributed by atoms with E-state index in [1.165, 1.54) is 6.07 Å². The lowest BCUT2D eigenvalue weighted by Gasteiger charge is -2.19. The van der Waals surface area contributed by atoms with Crippen LogP contribution in [0.15, 0.2) is 53.3 Å². The Labute approximate surface area is 152 Å². The molecule has 0 aliphatic rings. The number of H-pyrrole nitrogens is 1. The Kier molecular flexibility index (Phi) is 5.07. The number of carbonyl (C=O) groups is 1. The zero-order valence-corrected chi connectivity index (χ0v) is 15.2. The Bertz CT molecular complexity index is 1010. The van der Waals surface area contributed by atoms with Crippen molar-refractivity contribution in [3.63, 3.8) is 0 Å². The Morgan fingerprint density at radius 1 is 1.12 bits per heavy atom. The minimum atomic E-state index is -0.175. The fraction of sp³-hybridized carbons (Fsp3) is 0.238. The van der Waals surface area contributed by atoms with Gasteiger partial charge in [0.15, 0.2) is 6.61 Å². The zero-order valence-electron chi connectivity index (χ0n) is 15.2. The van der Waals surface area contributed by atoms with E-state index in [1.54, 1.807) is 11.9 Å². The number of para-hydroxylation sites is 1. The van der Waals surface area contributed by atoms with Crippen LogP contribution in [0.25, 0.3) is 10.9 Å². The first-order valence-corrected chi connectivity index (χ1v) is 8.49. The lowest BCUT2D eigenvalue weighted by Crippen LogP contribution is -2.31. The van der Waals surface area contributed by atoms with Crippen LogP contribution in [-0.4, -0.2) is 29.4 Å². The van der Waals surface area contributed by atoms with Crippen molar-refractivity contribution in [3.8, 4) is 5.75 Å². The van der Waals surface area contributed by atoms with Crippen LogP contribution in [0.5, 0.6) is 5.75 Å². The maximum atomic E-state index is 12.5. The van der Waals surface area contributed by atoms with Gasteiger partial charge < -0.3 is 14.6 Å². The first kappa shape index (κ1) is 17.7. The number of pyridine rings is 1. The van der Waals surface area contributed by atoms with E-state index in [1.807, 2.05) is 56.3 Å². The minimum absolute atomic E-state index is 0.0398. The molecule has 1 amide bonds. The monoisotopic (exact) mass is 350 g/mol. The molecule has 134 valence electrons. The molecule has 0 bridgehead atoms. The summed E-state index contributed by atoms with van der Waals surface area (Å²) in [6.07, 6.45) is 0. The van der Waals surface area contributed by atoms with Crippen LogP contribution in [-0.2, 0) is 11.3 Å². The summed E-state index contributed by atoms with van der Waals surface area (Å²) in [5, 5.41) is 0.933. The average Bonchev–Trinajstić information content (AvgIpc) is 2.62. The number of benzene rings is 2. The van der Waals surface area contributed by atoms with Crippen LogP contribution in [0.4, 0.5) is 0 Å². The highest BCUT2D eigenvalue weighted by molar-refractivity contribution is 5.83. The maximum absolute atomic E-state index is 12.5. The van der Waals surface area contributed by atoms with E-state index in [4.69, 9.17) is 4.74 Å². The first-order valence-electron chi connectivity index (χ1n) is 8.49. The van der Waals surface area contributed by atoms with Gasteiger partial charge in [-0.25, -0.2) is 0 Å². The third-order valence-corrected chi connectivity index (χ3v) is 4.36. The van der Waals surface area contributed by atoms with Gasteiger partial charge in [0, 0.05) is 30.6 Å². The van der Waals surface area contributed by atoms with Gasteiger partial charge in [0.1, 0.15) is 5.75 Å². The lowest BCUT2D eigenvalue weighted by atomic mass is 10.1. The number of aromatic nitrogens is 1. The highest BCUT2D eigenvalue weighted by Crippen LogP contribution is 2.19. The molecular weight excluding hydrogens is 328 g/mol. The first-order chi connectivity index (χ1) is 12.4. The van der Waals surface area contributed by atoms with Gasteiger partial charge in [-0.1, -0.05) is 30.3 Å². The van der Waals surface area contributed by atoms with Crippen molar-refractivity contribution < 1.29 is 9.53 Å². The molecule has 1 heterocycles. The average molecular weight is 350 g/mol. The molecular formula is C21H22N2O3. The van der Waals surface area contributed by atoms with Gasteiger partial charge in [-0.3, -0.25) is 9.59 Å². The molecule has 0 atom stereocenters. The molecule has 3 aromatic rings. The van der Waals surface area contributed by atoms with Gasteiger partial charge in [0.2, 0.25) is 5.56 Å². The molecule has 0 spiro atoms. The smallest absolute Gasteiger partial charge is 0.260 e. The number of rotatable bonds is 5. The number of ether oxygens (including phenoxy) is 1. The largest absolute Gasteiger partial charge is 0.483 e. The van der Waals surface area contributed by atoms with E-state index in [2.05, 4.69) is 4.98 Å².